The fourth-order valence-electron chi connectivity index (χ4n) is 1.80. The molecule has 0 bridgehead atoms. The second-order valence-corrected chi connectivity index (χ2v) is 4.06. The average molecular weight is 281 g/mol. The van der Waals surface area contributed by atoms with Gasteiger partial charge in [-0.05, 0) is 19.9 Å². The van der Waals surface area contributed by atoms with E-state index in [1.165, 1.54) is 25.3 Å². The molecule has 110 valence electrons. The van der Waals surface area contributed by atoms with Crippen molar-refractivity contribution in [2.24, 2.45) is 0 Å². The van der Waals surface area contributed by atoms with Crippen LogP contribution < -0.4 is 10.1 Å². The lowest BCUT2D eigenvalue weighted by Crippen LogP contribution is -2.35. The third-order valence-electron chi connectivity index (χ3n) is 2.95. The standard InChI is InChI=1S/C13H19N3O4/c1-4-15(5-2)13(17)9-14-11-8-10(20-3)6-7-12(11)16(18)19/h6-8,14H,4-5,9H2,1-3H3. The lowest BCUT2D eigenvalue weighted by Gasteiger charge is -2.19. The van der Waals surface area contributed by atoms with Gasteiger partial charge in [0, 0.05) is 25.2 Å². The molecule has 0 atom stereocenters. The minimum atomic E-state index is -0.496. The first-order valence-electron chi connectivity index (χ1n) is 6.37. The van der Waals surface area contributed by atoms with E-state index in [-0.39, 0.29) is 23.8 Å². The molecular weight excluding hydrogens is 262 g/mol. The molecule has 0 spiro atoms. The molecule has 0 heterocycles. The Hall–Kier alpha value is -2.31. The average Bonchev–Trinajstić information content (AvgIpc) is 2.45. The van der Waals surface area contributed by atoms with Crippen LogP contribution in [0.4, 0.5) is 11.4 Å². The van der Waals surface area contributed by atoms with Crippen molar-refractivity contribution >= 4 is 17.3 Å². The van der Waals surface area contributed by atoms with Gasteiger partial charge in [0.1, 0.15) is 11.4 Å². The van der Waals surface area contributed by atoms with Gasteiger partial charge in [0.25, 0.3) is 5.69 Å². The number of amides is 1. The molecule has 1 aromatic carbocycles. The molecule has 1 rings (SSSR count). The van der Waals surface area contributed by atoms with Gasteiger partial charge in [0.2, 0.25) is 5.91 Å². The van der Waals surface area contributed by atoms with Gasteiger partial charge in [-0.3, -0.25) is 14.9 Å². The Morgan fingerprint density at radius 1 is 1.40 bits per heavy atom. The van der Waals surface area contributed by atoms with Crippen LogP contribution in [-0.4, -0.2) is 42.5 Å². The maximum absolute atomic E-state index is 11.9. The Bertz CT molecular complexity index is 487. The van der Waals surface area contributed by atoms with E-state index in [1.807, 2.05) is 13.8 Å². The highest BCUT2D eigenvalue weighted by atomic mass is 16.6. The van der Waals surface area contributed by atoms with Gasteiger partial charge in [-0.1, -0.05) is 0 Å². The Morgan fingerprint density at radius 2 is 2.05 bits per heavy atom. The van der Waals surface area contributed by atoms with Crippen LogP contribution in [0.3, 0.4) is 0 Å². The molecule has 0 radical (unpaired) electrons. The number of nitro benzene ring substituents is 1. The zero-order valence-electron chi connectivity index (χ0n) is 11.9. The third-order valence-corrected chi connectivity index (χ3v) is 2.95. The number of rotatable bonds is 7. The van der Waals surface area contributed by atoms with Crippen molar-refractivity contribution in [2.75, 3.05) is 32.1 Å². The summed E-state index contributed by atoms with van der Waals surface area (Å²) in [6.45, 7) is 4.99. The smallest absolute Gasteiger partial charge is 0.292 e. The van der Waals surface area contributed by atoms with E-state index in [4.69, 9.17) is 4.74 Å². The normalized spacial score (nSPS) is 9.95. The summed E-state index contributed by atoms with van der Waals surface area (Å²) in [6, 6.07) is 4.37. The Morgan fingerprint density at radius 3 is 2.55 bits per heavy atom. The quantitative estimate of drug-likeness (QED) is 0.609. The second-order valence-electron chi connectivity index (χ2n) is 4.06. The van der Waals surface area contributed by atoms with Crippen LogP contribution in [0.25, 0.3) is 0 Å². The zero-order chi connectivity index (χ0) is 15.1. The number of hydrogen-bond acceptors (Lipinski definition) is 5. The van der Waals surface area contributed by atoms with E-state index >= 15 is 0 Å². The number of methoxy groups -OCH3 is 1. The number of benzene rings is 1. The van der Waals surface area contributed by atoms with Crippen LogP contribution in [0, 0.1) is 10.1 Å². The number of anilines is 1. The SMILES string of the molecule is CCN(CC)C(=O)CNc1cc(OC)ccc1[N+](=O)[O-]. The largest absolute Gasteiger partial charge is 0.497 e. The maximum atomic E-state index is 11.9. The van der Waals surface area contributed by atoms with Crippen LogP contribution >= 0.6 is 0 Å². The molecule has 0 aliphatic rings. The van der Waals surface area contributed by atoms with E-state index in [0.717, 1.165) is 0 Å². The molecule has 0 fully saturated rings. The third kappa shape index (κ3) is 3.84. The second kappa shape index (κ2) is 7.32. The van der Waals surface area contributed by atoms with Crippen molar-refractivity contribution in [1.29, 1.82) is 0 Å². The van der Waals surface area contributed by atoms with Crippen LogP contribution in [-0.2, 0) is 4.79 Å². The number of hydrogen-bond donors (Lipinski definition) is 1. The minimum Gasteiger partial charge on any atom is -0.497 e. The molecule has 1 amide bonds. The van der Waals surface area contributed by atoms with Gasteiger partial charge in [-0.25, -0.2) is 0 Å². The summed E-state index contributed by atoms with van der Waals surface area (Å²) in [7, 11) is 1.48. The summed E-state index contributed by atoms with van der Waals surface area (Å²) < 4.78 is 5.03. The summed E-state index contributed by atoms with van der Waals surface area (Å²) >= 11 is 0. The lowest BCUT2D eigenvalue weighted by molar-refractivity contribution is -0.384. The summed E-state index contributed by atoms with van der Waals surface area (Å²) in [5.41, 5.74) is 0.188. The zero-order valence-corrected chi connectivity index (χ0v) is 11.9. The van der Waals surface area contributed by atoms with Crippen molar-refractivity contribution in [3.63, 3.8) is 0 Å². The number of nitrogens with one attached hydrogen (secondary N) is 1. The van der Waals surface area contributed by atoms with E-state index in [1.54, 1.807) is 4.90 Å². The first-order valence-corrected chi connectivity index (χ1v) is 6.37. The fraction of sp³-hybridized carbons (Fsp3) is 0.462. The number of nitrogens with zero attached hydrogens (tertiary/aromatic N) is 2. The van der Waals surface area contributed by atoms with Crippen LogP contribution in [0.2, 0.25) is 0 Å². The molecule has 0 unspecified atom stereocenters. The van der Waals surface area contributed by atoms with E-state index in [2.05, 4.69) is 5.32 Å². The molecule has 0 aliphatic heterocycles. The van der Waals surface area contributed by atoms with Gasteiger partial charge < -0.3 is 15.0 Å². The van der Waals surface area contributed by atoms with Gasteiger partial charge in [0.05, 0.1) is 18.6 Å². The van der Waals surface area contributed by atoms with Crippen molar-refractivity contribution in [3.8, 4) is 5.75 Å². The highest BCUT2D eigenvalue weighted by molar-refractivity contribution is 5.82. The molecule has 0 aliphatic carbocycles. The van der Waals surface area contributed by atoms with Crippen LogP contribution in [0.15, 0.2) is 18.2 Å². The number of carbonyl (C=O) groups is 1. The van der Waals surface area contributed by atoms with Crippen molar-refractivity contribution < 1.29 is 14.5 Å². The van der Waals surface area contributed by atoms with E-state index in [0.29, 0.717) is 18.8 Å². The Balaban J connectivity index is 2.85. The van der Waals surface area contributed by atoms with E-state index < -0.39 is 4.92 Å². The molecule has 0 saturated carbocycles. The van der Waals surface area contributed by atoms with Crippen molar-refractivity contribution in [3.05, 3.63) is 28.3 Å². The molecule has 20 heavy (non-hydrogen) atoms. The summed E-state index contributed by atoms with van der Waals surface area (Å²) in [6.07, 6.45) is 0. The number of nitro groups is 1. The molecule has 0 aromatic heterocycles. The monoisotopic (exact) mass is 281 g/mol. The number of ether oxygens (including phenoxy) is 1. The summed E-state index contributed by atoms with van der Waals surface area (Å²) in [5.74, 6) is 0.389. The highest BCUT2D eigenvalue weighted by Crippen LogP contribution is 2.28. The highest BCUT2D eigenvalue weighted by Gasteiger charge is 2.16. The Labute approximate surface area is 117 Å². The molecule has 1 aromatic rings. The van der Waals surface area contributed by atoms with Gasteiger partial charge in [-0.15, -0.1) is 0 Å². The molecule has 7 heteroatoms. The first-order chi connectivity index (χ1) is 9.53. The van der Waals surface area contributed by atoms with Gasteiger partial charge >= 0.3 is 0 Å². The minimum absolute atomic E-state index is 0.00961. The lowest BCUT2D eigenvalue weighted by atomic mass is 10.2. The fourth-order valence-corrected chi connectivity index (χ4v) is 1.80. The van der Waals surface area contributed by atoms with Crippen molar-refractivity contribution in [1.82, 2.24) is 4.90 Å². The van der Waals surface area contributed by atoms with Crippen molar-refractivity contribution in [2.45, 2.75) is 13.8 Å². The van der Waals surface area contributed by atoms with Crippen LogP contribution in [0.1, 0.15) is 13.8 Å². The maximum Gasteiger partial charge on any atom is 0.292 e. The molecule has 7 nitrogen and oxygen atoms in total. The van der Waals surface area contributed by atoms with E-state index in [9.17, 15) is 14.9 Å². The molecule has 1 N–H and O–H groups in total. The number of carbonyl (C=O) groups excluding carboxylic acids is 1. The molecule has 0 saturated heterocycles. The predicted molar refractivity (Wildman–Crippen MR) is 76.1 cm³/mol. The first kappa shape index (κ1) is 15.7. The topological polar surface area (TPSA) is 84.7 Å². The molecular formula is C13H19N3O4. The predicted octanol–water partition coefficient (Wildman–Crippen LogP) is 1.88. The number of likely N-dealkylation sites (N-methyl/N-ethyl adjacent to an activating group) is 1. The van der Waals surface area contributed by atoms with Gasteiger partial charge in [-0.2, -0.15) is 0 Å². The van der Waals surface area contributed by atoms with Crippen LogP contribution in [0.5, 0.6) is 5.75 Å². The van der Waals surface area contributed by atoms with Gasteiger partial charge in [0.15, 0.2) is 0 Å². The summed E-state index contributed by atoms with van der Waals surface area (Å²) in [5, 5.41) is 13.7. The summed E-state index contributed by atoms with van der Waals surface area (Å²) in [4.78, 5) is 24.0. The Kier molecular flexibility index (Phi) is 5.76.